The monoisotopic (exact) mass is 346 g/mol. The van der Waals surface area contributed by atoms with Gasteiger partial charge < -0.3 is 10.2 Å². The number of aromatic hydroxyl groups is 2. The molecule has 0 bridgehead atoms. The van der Waals surface area contributed by atoms with Crippen LogP contribution in [0.25, 0.3) is 33.2 Å². The molecule has 2 N–H and O–H groups in total. The van der Waals surface area contributed by atoms with E-state index in [9.17, 15) is 10.2 Å². The van der Waals surface area contributed by atoms with Gasteiger partial charge in [0.2, 0.25) is 0 Å². The fraction of sp³-hybridized carbons (Fsp3) is 0. The van der Waals surface area contributed by atoms with Gasteiger partial charge in [0.05, 0.1) is 16.3 Å². The van der Waals surface area contributed by atoms with Gasteiger partial charge in [-0.05, 0) is 41.8 Å². The van der Waals surface area contributed by atoms with Crippen molar-refractivity contribution in [1.82, 2.24) is 9.97 Å². The van der Waals surface area contributed by atoms with E-state index in [1.54, 1.807) is 30.3 Å². The molecule has 5 heteroatoms. The second kappa shape index (κ2) is 6.37. The maximum atomic E-state index is 10.1. The van der Waals surface area contributed by atoms with Crippen LogP contribution in [0.2, 0.25) is 0 Å². The zero-order valence-corrected chi connectivity index (χ0v) is 13.9. The summed E-state index contributed by atoms with van der Waals surface area (Å²) in [5.74, 6) is 0.947. The standard InChI is InChI=1S/C20H14N2O2S/c23-15-8-6-14(7-9-15)20-21-16(13-4-2-1-3-5-13)12-17(22-20)19-18(24)10-11-25-19/h1-12,23-24H. The van der Waals surface area contributed by atoms with Crippen molar-refractivity contribution >= 4 is 11.3 Å². The van der Waals surface area contributed by atoms with Gasteiger partial charge in [-0.25, -0.2) is 9.97 Å². The molecule has 0 aliphatic heterocycles. The molecule has 122 valence electrons. The van der Waals surface area contributed by atoms with Crippen LogP contribution in [0.1, 0.15) is 0 Å². The van der Waals surface area contributed by atoms with E-state index < -0.39 is 0 Å². The van der Waals surface area contributed by atoms with Crippen LogP contribution in [-0.4, -0.2) is 20.2 Å². The molecule has 0 saturated carbocycles. The highest BCUT2D eigenvalue weighted by molar-refractivity contribution is 7.14. The molecule has 0 atom stereocenters. The molecule has 4 nitrogen and oxygen atoms in total. The van der Waals surface area contributed by atoms with Crippen molar-refractivity contribution < 1.29 is 10.2 Å². The Morgan fingerprint density at radius 2 is 1.44 bits per heavy atom. The fourth-order valence-corrected chi connectivity index (χ4v) is 3.30. The maximum absolute atomic E-state index is 10.1. The molecule has 0 aliphatic carbocycles. The third kappa shape index (κ3) is 3.09. The topological polar surface area (TPSA) is 66.2 Å². The molecule has 25 heavy (non-hydrogen) atoms. The highest BCUT2D eigenvalue weighted by Gasteiger charge is 2.13. The molecule has 0 aliphatic rings. The van der Waals surface area contributed by atoms with Gasteiger partial charge in [0.15, 0.2) is 5.82 Å². The molecule has 0 radical (unpaired) electrons. The van der Waals surface area contributed by atoms with Crippen LogP contribution < -0.4 is 0 Å². The molecule has 2 aromatic heterocycles. The molecule has 2 heterocycles. The number of phenolic OH excluding ortho intramolecular Hbond substituents is 1. The third-order valence-corrected chi connectivity index (χ3v) is 4.72. The normalized spacial score (nSPS) is 10.7. The SMILES string of the molecule is Oc1ccc(-c2nc(-c3ccccc3)cc(-c3sccc3O)n2)cc1. The van der Waals surface area contributed by atoms with Crippen molar-refractivity contribution in [2.24, 2.45) is 0 Å². The summed E-state index contributed by atoms with van der Waals surface area (Å²) in [7, 11) is 0. The lowest BCUT2D eigenvalue weighted by molar-refractivity contribution is 0.475. The number of nitrogens with zero attached hydrogens (tertiary/aromatic N) is 2. The minimum atomic E-state index is 0.194. The van der Waals surface area contributed by atoms with Crippen LogP contribution in [0.4, 0.5) is 0 Å². The highest BCUT2D eigenvalue weighted by Crippen LogP contribution is 2.36. The molecule has 0 unspecified atom stereocenters. The Hall–Kier alpha value is -3.18. The lowest BCUT2D eigenvalue weighted by Gasteiger charge is -2.08. The average molecular weight is 346 g/mol. The number of thiophene rings is 1. The van der Waals surface area contributed by atoms with Crippen LogP contribution in [0.3, 0.4) is 0 Å². The van der Waals surface area contributed by atoms with Crippen molar-refractivity contribution in [3.05, 3.63) is 72.1 Å². The van der Waals surface area contributed by atoms with Crippen molar-refractivity contribution in [2.45, 2.75) is 0 Å². The van der Waals surface area contributed by atoms with Gasteiger partial charge in [-0.1, -0.05) is 30.3 Å². The third-order valence-electron chi connectivity index (χ3n) is 3.80. The van der Waals surface area contributed by atoms with Crippen LogP contribution >= 0.6 is 11.3 Å². The van der Waals surface area contributed by atoms with Gasteiger partial charge in [0.1, 0.15) is 11.5 Å². The van der Waals surface area contributed by atoms with Crippen LogP contribution in [0.5, 0.6) is 11.5 Å². The summed E-state index contributed by atoms with van der Waals surface area (Å²) >= 11 is 1.43. The molecular formula is C20H14N2O2S. The predicted octanol–water partition coefficient (Wildman–Crippen LogP) is 4.95. The average Bonchev–Trinajstić information content (AvgIpc) is 3.09. The van der Waals surface area contributed by atoms with E-state index in [1.807, 2.05) is 41.8 Å². The first-order valence-corrected chi connectivity index (χ1v) is 8.59. The zero-order chi connectivity index (χ0) is 17.2. The summed E-state index contributed by atoms with van der Waals surface area (Å²) in [5, 5.41) is 21.4. The number of rotatable bonds is 3. The summed E-state index contributed by atoms with van der Waals surface area (Å²) in [5.41, 5.74) is 3.22. The summed E-state index contributed by atoms with van der Waals surface area (Å²) in [6.07, 6.45) is 0. The van der Waals surface area contributed by atoms with E-state index in [-0.39, 0.29) is 11.5 Å². The Morgan fingerprint density at radius 3 is 2.12 bits per heavy atom. The van der Waals surface area contributed by atoms with Crippen LogP contribution in [0.15, 0.2) is 72.1 Å². The second-order valence-electron chi connectivity index (χ2n) is 5.51. The molecule has 0 spiro atoms. The van der Waals surface area contributed by atoms with Gasteiger partial charge in [-0.15, -0.1) is 11.3 Å². The number of hydrogen-bond acceptors (Lipinski definition) is 5. The smallest absolute Gasteiger partial charge is 0.160 e. The van der Waals surface area contributed by atoms with E-state index in [0.717, 1.165) is 16.8 Å². The molecule has 0 fully saturated rings. The van der Waals surface area contributed by atoms with E-state index in [4.69, 9.17) is 0 Å². The number of phenols is 1. The molecular weight excluding hydrogens is 332 g/mol. The molecule has 0 saturated heterocycles. The maximum Gasteiger partial charge on any atom is 0.160 e. The minimum absolute atomic E-state index is 0.194. The second-order valence-corrected chi connectivity index (χ2v) is 6.43. The first-order valence-electron chi connectivity index (χ1n) is 7.71. The van der Waals surface area contributed by atoms with E-state index in [0.29, 0.717) is 16.4 Å². The predicted molar refractivity (Wildman–Crippen MR) is 99.5 cm³/mol. The van der Waals surface area contributed by atoms with Gasteiger partial charge in [0, 0.05) is 11.1 Å². The zero-order valence-electron chi connectivity index (χ0n) is 13.1. The lowest BCUT2D eigenvalue weighted by atomic mass is 10.1. The first kappa shape index (κ1) is 15.4. The summed E-state index contributed by atoms with van der Waals surface area (Å²) < 4.78 is 0. The van der Waals surface area contributed by atoms with Crippen molar-refractivity contribution in [1.29, 1.82) is 0 Å². The number of hydrogen-bond donors (Lipinski definition) is 2. The van der Waals surface area contributed by atoms with E-state index in [1.165, 1.54) is 11.3 Å². The lowest BCUT2D eigenvalue weighted by Crippen LogP contribution is -1.95. The fourth-order valence-electron chi connectivity index (χ4n) is 2.55. The molecule has 0 amide bonds. The summed E-state index contributed by atoms with van der Waals surface area (Å²) in [4.78, 5) is 10.0. The van der Waals surface area contributed by atoms with Gasteiger partial charge in [-0.3, -0.25) is 0 Å². The van der Waals surface area contributed by atoms with E-state index in [2.05, 4.69) is 9.97 Å². The summed E-state index contributed by atoms with van der Waals surface area (Å²) in [6.45, 7) is 0. The molecule has 2 aromatic carbocycles. The van der Waals surface area contributed by atoms with Gasteiger partial charge >= 0.3 is 0 Å². The van der Waals surface area contributed by atoms with Crippen molar-refractivity contribution in [3.63, 3.8) is 0 Å². The molecule has 4 rings (SSSR count). The van der Waals surface area contributed by atoms with Crippen LogP contribution in [0, 0.1) is 0 Å². The van der Waals surface area contributed by atoms with Crippen LogP contribution in [-0.2, 0) is 0 Å². The largest absolute Gasteiger partial charge is 0.508 e. The molecule has 4 aromatic rings. The summed E-state index contributed by atoms with van der Waals surface area (Å²) in [6, 6.07) is 20.1. The Bertz CT molecular complexity index is 1010. The Morgan fingerprint density at radius 1 is 0.720 bits per heavy atom. The Balaban J connectivity index is 1.92. The van der Waals surface area contributed by atoms with Gasteiger partial charge in [-0.2, -0.15) is 0 Å². The van der Waals surface area contributed by atoms with E-state index >= 15 is 0 Å². The number of benzene rings is 2. The number of aromatic nitrogens is 2. The van der Waals surface area contributed by atoms with Crippen molar-refractivity contribution in [3.8, 4) is 44.7 Å². The minimum Gasteiger partial charge on any atom is -0.508 e. The quantitative estimate of drug-likeness (QED) is 0.551. The van der Waals surface area contributed by atoms with Crippen molar-refractivity contribution in [2.75, 3.05) is 0 Å². The highest BCUT2D eigenvalue weighted by atomic mass is 32.1. The Labute approximate surface area is 148 Å². The first-order chi connectivity index (χ1) is 12.2. The van der Waals surface area contributed by atoms with Gasteiger partial charge in [0.25, 0.3) is 0 Å². The Kier molecular flexibility index (Phi) is 3.91.